The van der Waals surface area contributed by atoms with Gasteiger partial charge in [0.05, 0.1) is 18.8 Å². The number of aliphatic hydroxyl groups excluding tert-OH is 1. The number of nitrogens with zero attached hydrogens (tertiary/aromatic N) is 1. The highest BCUT2D eigenvalue weighted by Crippen LogP contribution is 2.26. The van der Waals surface area contributed by atoms with Gasteiger partial charge in [0.15, 0.2) is 0 Å². The summed E-state index contributed by atoms with van der Waals surface area (Å²) in [4.78, 5) is 27.0. The van der Waals surface area contributed by atoms with Gasteiger partial charge in [-0.2, -0.15) is 0 Å². The van der Waals surface area contributed by atoms with Crippen LogP contribution in [-0.4, -0.2) is 72.9 Å². The Morgan fingerprint density at radius 3 is 2.43 bits per heavy atom. The maximum Gasteiger partial charge on any atom is 0.223 e. The fourth-order valence-corrected chi connectivity index (χ4v) is 5.08. The highest BCUT2D eigenvalue weighted by molar-refractivity contribution is 5.79. The standard InChI is InChI=1S/C23H41N3O4/c27-17-21-20(25-23(29)18-7-3-1-4-8-18)10-9-19(30-21)11-13-24-22(28)12-16-26-14-5-2-6-15-26/h18-21,27H,1-17H2,(H,24,28)(H,25,29)/t19-,20-,21+/m0/s1. The van der Waals surface area contributed by atoms with E-state index in [1.54, 1.807) is 0 Å². The Hall–Kier alpha value is -1.18. The molecule has 0 spiro atoms. The van der Waals surface area contributed by atoms with Crippen LogP contribution in [0, 0.1) is 5.92 Å². The van der Waals surface area contributed by atoms with Crippen molar-refractivity contribution in [3.63, 3.8) is 0 Å². The molecule has 30 heavy (non-hydrogen) atoms. The molecule has 7 heteroatoms. The molecule has 3 rings (SSSR count). The normalized spacial score (nSPS) is 28.8. The van der Waals surface area contributed by atoms with Gasteiger partial charge in [0.1, 0.15) is 6.10 Å². The number of piperidine rings is 1. The molecule has 2 saturated heterocycles. The maximum absolute atomic E-state index is 12.5. The molecule has 0 unspecified atom stereocenters. The Balaban J connectivity index is 1.31. The summed E-state index contributed by atoms with van der Waals surface area (Å²) in [6.45, 7) is 3.59. The lowest BCUT2D eigenvalue weighted by atomic mass is 9.88. The smallest absolute Gasteiger partial charge is 0.223 e. The molecule has 2 aliphatic heterocycles. The Morgan fingerprint density at radius 2 is 1.70 bits per heavy atom. The van der Waals surface area contributed by atoms with Crippen molar-refractivity contribution in [2.75, 3.05) is 32.8 Å². The summed E-state index contributed by atoms with van der Waals surface area (Å²) in [5.74, 6) is 0.352. The minimum Gasteiger partial charge on any atom is -0.394 e. The van der Waals surface area contributed by atoms with Crippen LogP contribution in [0.1, 0.15) is 77.0 Å². The van der Waals surface area contributed by atoms with Gasteiger partial charge in [-0.3, -0.25) is 9.59 Å². The van der Waals surface area contributed by atoms with Crippen molar-refractivity contribution in [1.29, 1.82) is 0 Å². The van der Waals surface area contributed by atoms with Crippen molar-refractivity contribution in [2.45, 2.75) is 95.3 Å². The molecule has 0 aromatic rings. The molecule has 3 N–H and O–H groups in total. The summed E-state index contributed by atoms with van der Waals surface area (Å²) in [6.07, 6.45) is 11.9. The lowest BCUT2D eigenvalue weighted by molar-refractivity contribution is -0.133. The zero-order valence-electron chi connectivity index (χ0n) is 18.4. The van der Waals surface area contributed by atoms with Crippen molar-refractivity contribution in [1.82, 2.24) is 15.5 Å². The van der Waals surface area contributed by atoms with Crippen molar-refractivity contribution < 1.29 is 19.4 Å². The number of hydrogen-bond acceptors (Lipinski definition) is 5. The Labute approximate surface area is 181 Å². The van der Waals surface area contributed by atoms with Crippen LogP contribution >= 0.6 is 0 Å². The number of hydrogen-bond donors (Lipinski definition) is 3. The lowest BCUT2D eigenvalue weighted by Crippen LogP contribution is -2.52. The number of nitrogens with one attached hydrogen (secondary N) is 2. The molecule has 0 aromatic carbocycles. The fraction of sp³-hybridized carbons (Fsp3) is 0.913. The third-order valence-corrected chi connectivity index (χ3v) is 6.99. The van der Waals surface area contributed by atoms with Gasteiger partial charge in [0.2, 0.25) is 11.8 Å². The van der Waals surface area contributed by atoms with Gasteiger partial charge < -0.3 is 25.4 Å². The number of ether oxygens (including phenoxy) is 1. The molecule has 3 fully saturated rings. The van der Waals surface area contributed by atoms with E-state index in [4.69, 9.17) is 4.74 Å². The van der Waals surface area contributed by atoms with Gasteiger partial charge in [-0.25, -0.2) is 0 Å². The van der Waals surface area contributed by atoms with E-state index in [1.807, 2.05) is 0 Å². The summed E-state index contributed by atoms with van der Waals surface area (Å²) >= 11 is 0. The van der Waals surface area contributed by atoms with Crippen molar-refractivity contribution in [3.05, 3.63) is 0 Å². The van der Waals surface area contributed by atoms with Crippen molar-refractivity contribution >= 4 is 11.8 Å². The number of likely N-dealkylation sites (tertiary alicyclic amines) is 1. The van der Waals surface area contributed by atoms with E-state index in [-0.39, 0.29) is 42.6 Å². The van der Waals surface area contributed by atoms with Gasteiger partial charge >= 0.3 is 0 Å². The zero-order valence-corrected chi connectivity index (χ0v) is 18.4. The van der Waals surface area contributed by atoms with Crippen LogP contribution in [0.25, 0.3) is 0 Å². The van der Waals surface area contributed by atoms with Crippen molar-refractivity contribution in [3.8, 4) is 0 Å². The summed E-state index contributed by atoms with van der Waals surface area (Å²) in [6, 6.07) is -0.111. The predicted octanol–water partition coefficient (Wildman–Crippen LogP) is 1.97. The van der Waals surface area contributed by atoms with Crippen LogP contribution in [-0.2, 0) is 14.3 Å². The third kappa shape index (κ3) is 7.50. The minimum atomic E-state index is -0.355. The monoisotopic (exact) mass is 423 g/mol. The van der Waals surface area contributed by atoms with Gasteiger partial charge in [-0.1, -0.05) is 25.7 Å². The minimum absolute atomic E-state index is 0.0207. The molecule has 2 amide bonds. The van der Waals surface area contributed by atoms with Crippen LogP contribution < -0.4 is 10.6 Å². The molecule has 3 aliphatic rings. The number of rotatable bonds is 9. The van der Waals surface area contributed by atoms with Crippen LogP contribution in [0.4, 0.5) is 0 Å². The highest BCUT2D eigenvalue weighted by atomic mass is 16.5. The summed E-state index contributed by atoms with van der Waals surface area (Å²) in [7, 11) is 0. The van der Waals surface area contributed by atoms with E-state index in [1.165, 1.54) is 25.7 Å². The zero-order chi connectivity index (χ0) is 21.2. The first-order chi connectivity index (χ1) is 14.7. The SMILES string of the molecule is O=C(CCN1CCCCC1)NCC[C@@H]1CC[C@H](NC(=O)C2CCCCC2)[C@@H](CO)O1. The third-order valence-electron chi connectivity index (χ3n) is 6.99. The molecule has 2 heterocycles. The van der Waals surface area contributed by atoms with Crippen LogP contribution in [0.15, 0.2) is 0 Å². The number of amides is 2. The van der Waals surface area contributed by atoms with E-state index in [9.17, 15) is 14.7 Å². The Bertz CT molecular complexity index is 533. The quantitative estimate of drug-likeness (QED) is 0.527. The van der Waals surface area contributed by atoms with Crippen molar-refractivity contribution in [2.24, 2.45) is 5.92 Å². The number of carbonyl (C=O) groups excluding carboxylic acids is 2. The summed E-state index contributed by atoms with van der Waals surface area (Å²) < 4.78 is 6.05. The molecule has 0 radical (unpaired) electrons. The van der Waals surface area contributed by atoms with E-state index in [0.717, 1.165) is 64.6 Å². The molecule has 3 atom stereocenters. The second kappa shape index (κ2) is 12.6. The molecule has 1 aliphatic carbocycles. The van der Waals surface area contributed by atoms with E-state index in [0.29, 0.717) is 13.0 Å². The second-order valence-electron chi connectivity index (χ2n) is 9.30. The topological polar surface area (TPSA) is 90.9 Å². The highest BCUT2D eigenvalue weighted by Gasteiger charge is 2.33. The molecule has 0 bridgehead atoms. The summed E-state index contributed by atoms with van der Waals surface area (Å²) in [5, 5.41) is 15.9. The van der Waals surface area contributed by atoms with Crippen LogP contribution in [0.3, 0.4) is 0 Å². The largest absolute Gasteiger partial charge is 0.394 e. The van der Waals surface area contributed by atoms with Gasteiger partial charge in [0, 0.05) is 25.4 Å². The van der Waals surface area contributed by atoms with Crippen LogP contribution in [0.2, 0.25) is 0 Å². The van der Waals surface area contributed by atoms with Gasteiger partial charge in [0.25, 0.3) is 0 Å². The Morgan fingerprint density at radius 1 is 0.967 bits per heavy atom. The molecular weight excluding hydrogens is 382 g/mol. The average Bonchev–Trinajstić information content (AvgIpc) is 2.79. The molecule has 1 saturated carbocycles. The molecule has 172 valence electrons. The maximum atomic E-state index is 12.5. The molecular formula is C23H41N3O4. The Kier molecular flexibility index (Phi) is 9.88. The van der Waals surface area contributed by atoms with Crippen LogP contribution in [0.5, 0.6) is 0 Å². The number of carbonyl (C=O) groups is 2. The predicted molar refractivity (Wildman–Crippen MR) is 116 cm³/mol. The number of aliphatic hydroxyl groups is 1. The van der Waals surface area contributed by atoms with Gasteiger partial charge in [-0.05, 0) is 58.0 Å². The summed E-state index contributed by atoms with van der Waals surface area (Å²) in [5.41, 5.74) is 0. The molecule has 0 aromatic heterocycles. The lowest BCUT2D eigenvalue weighted by Gasteiger charge is -2.37. The van der Waals surface area contributed by atoms with E-state index >= 15 is 0 Å². The van der Waals surface area contributed by atoms with E-state index in [2.05, 4.69) is 15.5 Å². The second-order valence-corrected chi connectivity index (χ2v) is 9.30. The van der Waals surface area contributed by atoms with Gasteiger partial charge in [-0.15, -0.1) is 0 Å². The first kappa shape index (κ1) is 23.5. The average molecular weight is 424 g/mol. The first-order valence-corrected chi connectivity index (χ1v) is 12.2. The molecule has 7 nitrogen and oxygen atoms in total. The first-order valence-electron chi connectivity index (χ1n) is 12.2. The fourth-order valence-electron chi connectivity index (χ4n) is 5.08. The van der Waals surface area contributed by atoms with E-state index < -0.39 is 0 Å².